The van der Waals surface area contributed by atoms with Crippen molar-refractivity contribution in [2.24, 2.45) is 0 Å². The maximum atomic E-state index is 13.6. The van der Waals surface area contributed by atoms with Gasteiger partial charge in [0.25, 0.3) is 0 Å². The summed E-state index contributed by atoms with van der Waals surface area (Å²) < 4.78 is 36.6. The molecule has 3 nitrogen and oxygen atoms in total. The summed E-state index contributed by atoms with van der Waals surface area (Å²) in [5.41, 5.74) is -0.0336. The lowest BCUT2D eigenvalue weighted by Gasteiger charge is -2.10. The highest BCUT2D eigenvalue weighted by Gasteiger charge is 2.19. The van der Waals surface area contributed by atoms with Crippen molar-refractivity contribution in [3.8, 4) is 11.5 Å². The van der Waals surface area contributed by atoms with Gasteiger partial charge in [-0.2, -0.15) is 0 Å². The van der Waals surface area contributed by atoms with E-state index in [1.807, 2.05) is 0 Å². The summed E-state index contributed by atoms with van der Waals surface area (Å²) in [6.07, 6.45) is 0. The Morgan fingerprint density at radius 3 is 2.25 bits per heavy atom. The monoisotopic (exact) mass is 278 g/mol. The van der Waals surface area contributed by atoms with E-state index in [0.29, 0.717) is 11.8 Å². The molecule has 0 radical (unpaired) electrons. The van der Waals surface area contributed by atoms with Crippen LogP contribution in [-0.4, -0.2) is 20.0 Å². The van der Waals surface area contributed by atoms with Gasteiger partial charge in [-0.1, -0.05) is 0 Å². The summed E-state index contributed by atoms with van der Waals surface area (Å²) in [6, 6.07) is 7.38. The first-order valence-corrected chi connectivity index (χ1v) is 5.78. The maximum Gasteiger partial charge on any atom is 0.199 e. The number of methoxy groups -OCH3 is 2. The maximum absolute atomic E-state index is 13.6. The highest BCUT2D eigenvalue weighted by atomic mass is 19.1. The lowest BCUT2D eigenvalue weighted by molar-refractivity contribution is 0.103. The quantitative estimate of drug-likeness (QED) is 0.806. The van der Waals surface area contributed by atoms with Crippen LogP contribution in [0.5, 0.6) is 11.5 Å². The van der Waals surface area contributed by atoms with Gasteiger partial charge in [0.1, 0.15) is 23.1 Å². The molecule has 2 aromatic rings. The number of carbonyl (C=O) groups is 1. The van der Waals surface area contributed by atoms with Gasteiger partial charge in [-0.3, -0.25) is 4.79 Å². The van der Waals surface area contributed by atoms with Gasteiger partial charge in [0.2, 0.25) is 0 Å². The van der Waals surface area contributed by atoms with Crippen molar-refractivity contribution in [1.82, 2.24) is 0 Å². The topological polar surface area (TPSA) is 35.5 Å². The molecule has 0 saturated carbocycles. The third-order valence-electron chi connectivity index (χ3n) is 2.83. The van der Waals surface area contributed by atoms with Crippen LogP contribution in [0.15, 0.2) is 36.4 Å². The zero-order valence-electron chi connectivity index (χ0n) is 10.9. The van der Waals surface area contributed by atoms with E-state index < -0.39 is 17.4 Å². The van der Waals surface area contributed by atoms with Gasteiger partial charge >= 0.3 is 0 Å². The SMILES string of the molecule is COc1ccc(C(=O)c2ccc(F)cc2F)c(OC)c1. The molecule has 104 valence electrons. The average molecular weight is 278 g/mol. The summed E-state index contributed by atoms with van der Waals surface area (Å²) in [5, 5.41) is 0. The lowest BCUT2D eigenvalue weighted by atomic mass is 10.0. The highest BCUT2D eigenvalue weighted by molar-refractivity contribution is 6.11. The third-order valence-corrected chi connectivity index (χ3v) is 2.83. The molecule has 5 heteroatoms. The molecule has 0 fully saturated rings. The van der Waals surface area contributed by atoms with E-state index in [2.05, 4.69) is 0 Å². The van der Waals surface area contributed by atoms with Crippen LogP contribution >= 0.6 is 0 Å². The van der Waals surface area contributed by atoms with E-state index in [0.717, 1.165) is 12.1 Å². The first-order valence-electron chi connectivity index (χ1n) is 5.78. The van der Waals surface area contributed by atoms with Gasteiger partial charge in [0.15, 0.2) is 5.78 Å². The van der Waals surface area contributed by atoms with Crippen molar-refractivity contribution >= 4 is 5.78 Å². The van der Waals surface area contributed by atoms with Crippen LogP contribution < -0.4 is 9.47 Å². The molecule has 0 saturated heterocycles. The molecule has 0 aliphatic heterocycles. The molecule has 0 unspecified atom stereocenters. The van der Waals surface area contributed by atoms with Gasteiger partial charge < -0.3 is 9.47 Å². The molecule has 0 aliphatic carbocycles. The molecule has 2 aromatic carbocycles. The van der Waals surface area contributed by atoms with Crippen LogP contribution in [0.4, 0.5) is 8.78 Å². The Balaban J connectivity index is 2.47. The summed E-state index contributed by atoms with van der Waals surface area (Å²) >= 11 is 0. The van der Waals surface area contributed by atoms with E-state index >= 15 is 0 Å². The van der Waals surface area contributed by atoms with Gasteiger partial charge in [-0.15, -0.1) is 0 Å². The number of hydrogen-bond acceptors (Lipinski definition) is 3. The predicted molar refractivity (Wildman–Crippen MR) is 69.3 cm³/mol. The Labute approximate surface area is 114 Å². The van der Waals surface area contributed by atoms with Crippen molar-refractivity contribution in [1.29, 1.82) is 0 Å². The lowest BCUT2D eigenvalue weighted by Crippen LogP contribution is -2.07. The van der Waals surface area contributed by atoms with Crippen molar-refractivity contribution in [2.45, 2.75) is 0 Å². The smallest absolute Gasteiger partial charge is 0.199 e. The normalized spacial score (nSPS) is 10.2. The zero-order valence-corrected chi connectivity index (χ0v) is 10.9. The molecule has 2 rings (SSSR count). The van der Waals surface area contributed by atoms with Crippen molar-refractivity contribution in [3.05, 3.63) is 59.2 Å². The molecule has 0 atom stereocenters. The third kappa shape index (κ3) is 2.61. The minimum Gasteiger partial charge on any atom is -0.497 e. The number of ketones is 1. The first kappa shape index (κ1) is 14.0. The molecule has 0 aromatic heterocycles. The Bertz CT molecular complexity index is 654. The largest absolute Gasteiger partial charge is 0.497 e. The summed E-state index contributed by atoms with van der Waals surface area (Å²) in [5.74, 6) is -1.45. The van der Waals surface area contributed by atoms with Gasteiger partial charge in [-0.25, -0.2) is 8.78 Å². The molecule has 0 heterocycles. The van der Waals surface area contributed by atoms with E-state index in [-0.39, 0.29) is 16.9 Å². The van der Waals surface area contributed by atoms with E-state index in [1.165, 1.54) is 26.4 Å². The summed E-state index contributed by atoms with van der Waals surface area (Å²) in [4.78, 5) is 12.3. The Morgan fingerprint density at radius 1 is 0.950 bits per heavy atom. The molecule has 0 N–H and O–H groups in total. The number of hydrogen-bond donors (Lipinski definition) is 0. The Hall–Kier alpha value is -2.43. The van der Waals surface area contributed by atoms with Gasteiger partial charge in [-0.05, 0) is 24.3 Å². The fraction of sp³-hybridized carbons (Fsp3) is 0.133. The molecule has 0 spiro atoms. The van der Waals surface area contributed by atoms with Crippen molar-refractivity contribution in [2.75, 3.05) is 14.2 Å². The van der Waals surface area contributed by atoms with E-state index in [1.54, 1.807) is 6.07 Å². The second-order valence-corrected chi connectivity index (χ2v) is 4.02. The van der Waals surface area contributed by atoms with Crippen LogP contribution in [0, 0.1) is 11.6 Å². The Morgan fingerprint density at radius 2 is 1.65 bits per heavy atom. The predicted octanol–water partition coefficient (Wildman–Crippen LogP) is 3.21. The fourth-order valence-electron chi connectivity index (χ4n) is 1.80. The van der Waals surface area contributed by atoms with Crippen LogP contribution in [0.25, 0.3) is 0 Å². The summed E-state index contributed by atoms with van der Waals surface area (Å²) in [7, 11) is 2.88. The van der Waals surface area contributed by atoms with Crippen molar-refractivity contribution in [3.63, 3.8) is 0 Å². The Kier molecular flexibility index (Phi) is 3.98. The van der Waals surface area contributed by atoms with Crippen LogP contribution in [0.3, 0.4) is 0 Å². The molecular formula is C15H12F2O3. The van der Waals surface area contributed by atoms with Crippen LogP contribution in [0.2, 0.25) is 0 Å². The molecule has 0 aliphatic rings. The van der Waals surface area contributed by atoms with E-state index in [4.69, 9.17) is 9.47 Å². The molecular weight excluding hydrogens is 266 g/mol. The minimum absolute atomic E-state index is 0.179. The summed E-state index contributed by atoms with van der Waals surface area (Å²) in [6.45, 7) is 0. The highest BCUT2D eigenvalue weighted by Crippen LogP contribution is 2.27. The number of rotatable bonds is 4. The van der Waals surface area contributed by atoms with Crippen molar-refractivity contribution < 1.29 is 23.0 Å². The zero-order chi connectivity index (χ0) is 14.7. The average Bonchev–Trinajstić information content (AvgIpc) is 2.46. The fourth-order valence-corrected chi connectivity index (χ4v) is 1.80. The molecule has 20 heavy (non-hydrogen) atoms. The van der Waals surface area contributed by atoms with Gasteiger partial charge in [0.05, 0.1) is 25.3 Å². The number of ether oxygens (including phenoxy) is 2. The minimum atomic E-state index is -0.909. The number of benzene rings is 2. The van der Waals surface area contributed by atoms with Crippen LogP contribution in [0.1, 0.15) is 15.9 Å². The number of carbonyl (C=O) groups excluding carboxylic acids is 1. The van der Waals surface area contributed by atoms with Gasteiger partial charge in [0, 0.05) is 12.1 Å². The first-order chi connectivity index (χ1) is 9.56. The number of halogens is 2. The molecule has 0 amide bonds. The van der Waals surface area contributed by atoms with Crippen LogP contribution in [-0.2, 0) is 0 Å². The van der Waals surface area contributed by atoms with E-state index in [9.17, 15) is 13.6 Å². The molecule has 0 bridgehead atoms. The second kappa shape index (κ2) is 5.69. The standard InChI is InChI=1S/C15H12F2O3/c1-19-10-4-6-12(14(8-10)20-2)15(18)11-5-3-9(16)7-13(11)17/h3-8H,1-2H3. The second-order valence-electron chi connectivity index (χ2n) is 4.02.